The second kappa shape index (κ2) is 8.05. The lowest BCUT2D eigenvalue weighted by Gasteiger charge is -2.33. The number of nitrogens with one attached hydrogen (secondary N) is 1. The summed E-state index contributed by atoms with van der Waals surface area (Å²) in [6.45, 7) is 4.33. The Bertz CT molecular complexity index is 924. The largest absolute Gasteiger partial charge is 0.355 e. The van der Waals surface area contributed by atoms with Gasteiger partial charge in [0.15, 0.2) is 0 Å². The van der Waals surface area contributed by atoms with E-state index in [1.54, 1.807) is 6.20 Å². The van der Waals surface area contributed by atoms with Crippen LogP contribution in [0.1, 0.15) is 30.3 Å². The Morgan fingerprint density at radius 2 is 2.22 bits per heavy atom. The fourth-order valence-corrected chi connectivity index (χ4v) is 4.63. The topological polar surface area (TPSA) is 58.1 Å². The Balaban J connectivity index is 1.46. The number of carbonyl (C=O) groups excluding carboxylic acids is 1. The molecular weight excluding hydrogens is 356 g/mol. The van der Waals surface area contributed by atoms with Gasteiger partial charge in [-0.15, -0.1) is 11.3 Å². The van der Waals surface area contributed by atoms with E-state index in [-0.39, 0.29) is 11.8 Å². The van der Waals surface area contributed by atoms with Gasteiger partial charge in [0.1, 0.15) is 5.82 Å². The Hall–Kier alpha value is -2.47. The van der Waals surface area contributed by atoms with Crippen LogP contribution in [0.3, 0.4) is 0 Å². The van der Waals surface area contributed by atoms with Crippen LogP contribution in [0.4, 0.5) is 5.82 Å². The second-order valence-electron chi connectivity index (χ2n) is 6.94. The number of thiophene rings is 1. The van der Waals surface area contributed by atoms with Crippen molar-refractivity contribution in [2.24, 2.45) is 5.92 Å². The number of carbonyl (C=O) groups is 1. The highest BCUT2D eigenvalue weighted by Gasteiger charge is 2.27. The number of nitrogens with zero attached hydrogens (tertiary/aromatic N) is 3. The first-order valence-electron chi connectivity index (χ1n) is 9.54. The quantitative estimate of drug-likeness (QED) is 0.732. The maximum Gasteiger partial charge on any atom is 0.225 e. The van der Waals surface area contributed by atoms with Gasteiger partial charge in [-0.2, -0.15) is 0 Å². The molecule has 3 aromatic heterocycles. The molecule has 5 nitrogen and oxygen atoms in total. The van der Waals surface area contributed by atoms with Gasteiger partial charge in [-0.05, 0) is 43.5 Å². The van der Waals surface area contributed by atoms with Crippen molar-refractivity contribution in [3.05, 3.63) is 53.3 Å². The van der Waals surface area contributed by atoms with Crippen molar-refractivity contribution in [2.75, 3.05) is 18.0 Å². The number of rotatable bonds is 5. The zero-order valence-electron chi connectivity index (χ0n) is 15.5. The summed E-state index contributed by atoms with van der Waals surface area (Å²) in [5.74, 6) is 1.12. The van der Waals surface area contributed by atoms with E-state index in [0.29, 0.717) is 6.54 Å². The molecule has 0 bridgehead atoms. The van der Waals surface area contributed by atoms with Crippen molar-refractivity contribution in [3.63, 3.8) is 0 Å². The Morgan fingerprint density at radius 1 is 1.30 bits per heavy atom. The molecule has 27 heavy (non-hydrogen) atoms. The second-order valence-corrected chi connectivity index (χ2v) is 8.11. The van der Waals surface area contributed by atoms with Gasteiger partial charge in [0.25, 0.3) is 0 Å². The Kier molecular flexibility index (Phi) is 5.34. The monoisotopic (exact) mass is 380 g/mol. The summed E-state index contributed by atoms with van der Waals surface area (Å²) in [5, 5.41) is 4.26. The molecule has 1 N–H and O–H groups in total. The predicted octanol–water partition coefficient (Wildman–Crippen LogP) is 3.79. The van der Waals surface area contributed by atoms with Crippen molar-refractivity contribution in [1.82, 2.24) is 15.3 Å². The molecule has 0 spiro atoms. The fourth-order valence-electron chi connectivity index (χ4n) is 3.64. The standard InChI is InChI=1S/C21H24N4OS/c1-2-17-12-18-19(27-17)8-10-23-20(18)25-11-5-6-15(14-25)21(26)24-13-16-7-3-4-9-22-16/h3-4,7-10,12,15H,2,5-6,11,13-14H2,1H3,(H,24,26). The Morgan fingerprint density at radius 3 is 3.04 bits per heavy atom. The molecule has 1 aliphatic rings. The highest BCUT2D eigenvalue weighted by Crippen LogP contribution is 2.33. The highest BCUT2D eigenvalue weighted by atomic mass is 32.1. The van der Waals surface area contributed by atoms with Crippen LogP contribution >= 0.6 is 11.3 Å². The number of fused-ring (bicyclic) bond motifs is 1. The average Bonchev–Trinajstić information content (AvgIpc) is 3.16. The first kappa shape index (κ1) is 17.9. The SMILES string of the molecule is CCc1cc2c(N3CCCC(C(=O)NCc4ccccn4)C3)nccc2s1. The van der Waals surface area contributed by atoms with Gasteiger partial charge in [0.05, 0.1) is 18.2 Å². The van der Waals surface area contributed by atoms with Crippen LogP contribution in [0.5, 0.6) is 0 Å². The van der Waals surface area contributed by atoms with Crippen LogP contribution in [0, 0.1) is 5.92 Å². The highest BCUT2D eigenvalue weighted by molar-refractivity contribution is 7.19. The van der Waals surface area contributed by atoms with Gasteiger partial charge < -0.3 is 10.2 Å². The Labute approximate surface area is 163 Å². The molecule has 0 radical (unpaired) electrons. The molecule has 1 unspecified atom stereocenters. The van der Waals surface area contributed by atoms with E-state index in [2.05, 4.69) is 39.2 Å². The van der Waals surface area contributed by atoms with Crippen LogP contribution in [0.2, 0.25) is 0 Å². The van der Waals surface area contributed by atoms with Crippen molar-refractivity contribution >= 4 is 33.1 Å². The third-order valence-electron chi connectivity index (χ3n) is 5.09. The summed E-state index contributed by atoms with van der Waals surface area (Å²) < 4.78 is 1.28. The molecule has 1 atom stereocenters. The lowest BCUT2D eigenvalue weighted by molar-refractivity contribution is -0.125. The molecule has 3 aromatic rings. The summed E-state index contributed by atoms with van der Waals surface area (Å²) in [6.07, 6.45) is 6.60. The minimum absolute atomic E-state index is 0.0104. The van der Waals surface area contributed by atoms with E-state index in [9.17, 15) is 4.79 Å². The van der Waals surface area contributed by atoms with Crippen molar-refractivity contribution in [2.45, 2.75) is 32.7 Å². The number of aryl methyl sites for hydroxylation is 1. The van der Waals surface area contributed by atoms with Gasteiger partial charge in [0, 0.05) is 40.4 Å². The number of hydrogen-bond acceptors (Lipinski definition) is 5. The van der Waals surface area contributed by atoms with E-state index in [1.807, 2.05) is 35.7 Å². The van der Waals surface area contributed by atoms with E-state index >= 15 is 0 Å². The maximum atomic E-state index is 12.7. The van der Waals surface area contributed by atoms with Crippen LogP contribution in [0.15, 0.2) is 42.7 Å². The van der Waals surface area contributed by atoms with Crippen molar-refractivity contribution in [1.29, 1.82) is 0 Å². The molecule has 0 saturated carbocycles. The fraction of sp³-hybridized carbons (Fsp3) is 0.381. The number of pyridine rings is 2. The van der Waals surface area contributed by atoms with E-state index in [0.717, 1.165) is 43.9 Å². The summed E-state index contributed by atoms with van der Waals surface area (Å²) in [7, 11) is 0. The summed E-state index contributed by atoms with van der Waals surface area (Å²) in [6, 6.07) is 10.1. The molecule has 1 aliphatic heterocycles. The van der Waals surface area contributed by atoms with Crippen LogP contribution in [-0.2, 0) is 17.8 Å². The lowest BCUT2D eigenvalue weighted by atomic mass is 9.97. The van der Waals surface area contributed by atoms with Gasteiger partial charge >= 0.3 is 0 Å². The first-order valence-corrected chi connectivity index (χ1v) is 10.4. The molecule has 4 heterocycles. The molecule has 140 valence electrons. The molecule has 6 heteroatoms. The number of hydrogen-bond donors (Lipinski definition) is 1. The number of piperidine rings is 1. The third-order valence-corrected chi connectivity index (χ3v) is 6.33. The average molecular weight is 381 g/mol. The summed E-state index contributed by atoms with van der Waals surface area (Å²) >= 11 is 1.84. The number of anilines is 1. The van der Waals surface area contributed by atoms with Crippen LogP contribution < -0.4 is 10.2 Å². The van der Waals surface area contributed by atoms with E-state index in [1.165, 1.54) is 15.0 Å². The molecule has 1 fully saturated rings. The number of amides is 1. The summed E-state index contributed by atoms with van der Waals surface area (Å²) in [4.78, 5) is 25.3. The van der Waals surface area contributed by atoms with Crippen LogP contribution in [0.25, 0.3) is 10.1 Å². The lowest BCUT2D eigenvalue weighted by Crippen LogP contribution is -2.43. The van der Waals surface area contributed by atoms with Gasteiger partial charge in [-0.25, -0.2) is 4.98 Å². The maximum absolute atomic E-state index is 12.7. The molecule has 1 saturated heterocycles. The van der Waals surface area contributed by atoms with Crippen molar-refractivity contribution in [3.8, 4) is 0 Å². The van der Waals surface area contributed by atoms with E-state index in [4.69, 9.17) is 0 Å². The minimum atomic E-state index is -0.0104. The smallest absolute Gasteiger partial charge is 0.225 e. The predicted molar refractivity (Wildman–Crippen MR) is 110 cm³/mol. The van der Waals surface area contributed by atoms with Gasteiger partial charge in [-0.3, -0.25) is 9.78 Å². The molecule has 0 aliphatic carbocycles. The normalized spacial score (nSPS) is 17.2. The molecule has 1 amide bonds. The molecular formula is C21H24N4OS. The number of aromatic nitrogens is 2. The zero-order valence-corrected chi connectivity index (χ0v) is 16.3. The molecule has 0 aromatic carbocycles. The first-order chi connectivity index (χ1) is 13.2. The summed E-state index contributed by atoms with van der Waals surface area (Å²) in [5.41, 5.74) is 0.885. The van der Waals surface area contributed by atoms with Crippen molar-refractivity contribution < 1.29 is 4.79 Å². The third kappa shape index (κ3) is 3.95. The van der Waals surface area contributed by atoms with Crippen LogP contribution in [-0.4, -0.2) is 29.0 Å². The minimum Gasteiger partial charge on any atom is -0.355 e. The zero-order chi connectivity index (χ0) is 18.6. The van der Waals surface area contributed by atoms with Gasteiger partial charge in [-0.1, -0.05) is 13.0 Å². The van der Waals surface area contributed by atoms with E-state index < -0.39 is 0 Å². The molecule has 4 rings (SSSR count). The van der Waals surface area contributed by atoms with Gasteiger partial charge in [0.2, 0.25) is 5.91 Å².